The number of nitrogens with zero attached hydrogens (tertiary/aromatic N) is 1. The molecule has 2 unspecified atom stereocenters. The fraction of sp³-hybridized carbons (Fsp3) is 0.591. The van der Waals surface area contributed by atoms with E-state index in [2.05, 4.69) is 148 Å². The summed E-state index contributed by atoms with van der Waals surface area (Å²) in [5, 5.41) is 9.68. The standard InChI is InChI=1S/C66H105NO8/c1-6-8-10-12-14-16-18-20-21-22-23-24-25-26-27-28-29-30-31-32-33-34-35-36-37-38-39-40-41-42-43-45-47-49-51-53-55-57-64(69)75-62(61-74-66(65(70)71)72-59-58-67(3,4)5)60-73-63(68)56-54-52-50-48-46-44-19-17-15-13-11-9-7-2/h8-11,14-17,20-21,23-24,26-27,29-30,32-33,35-36,44,46,50,52,62,66H,6-7,12-13,18-19,22,25,28,31,34,37-43,45,47-49,51,53-61H2,1-5H3/p+1/b10-8-,11-9-,16-14-,17-15-,21-20-,24-23-,27-26-,30-29-,33-32-,36-35-,46-44-,52-50-. The number of likely N-dealkylation sites (N-methyl/N-ethyl adjacent to an activating group) is 1. The van der Waals surface area contributed by atoms with Gasteiger partial charge in [-0.05, 0) is 103 Å². The Balaban J connectivity index is 4.18. The topological polar surface area (TPSA) is 108 Å². The van der Waals surface area contributed by atoms with Crippen LogP contribution in [0, 0.1) is 0 Å². The van der Waals surface area contributed by atoms with E-state index in [1.165, 1.54) is 51.4 Å². The molecule has 2 atom stereocenters. The first-order chi connectivity index (χ1) is 36.6. The van der Waals surface area contributed by atoms with Crippen molar-refractivity contribution in [3.05, 3.63) is 146 Å². The zero-order chi connectivity index (χ0) is 54.8. The van der Waals surface area contributed by atoms with Crippen LogP contribution >= 0.6 is 0 Å². The molecule has 0 aromatic carbocycles. The molecule has 0 rings (SSSR count). The average Bonchev–Trinajstić information content (AvgIpc) is 3.38. The maximum Gasteiger partial charge on any atom is 0.361 e. The van der Waals surface area contributed by atoms with Crippen LogP contribution in [-0.4, -0.2) is 87.4 Å². The third kappa shape index (κ3) is 56.7. The minimum absolute atomic E-state index is 0.170. The van der Waals surface area contributed by atoms with Crippen molar-refractivity contribution in [1.29, 1.82) is 0 Å². The van der Waals surface area contributed by atoms with E-state index in [1.807, 2.05) is 33.3 Å². The summed E-state index contributed by atoms with van der Waals surface area (Å²) in [6, 6.07) is 0. The van der Waals surface area contributed by atoms with E-state index in [4.69, 9.17) is 18.9 Å². The molecule has 9 heteroatoms. The van der Waals surface area contributed by atoms with Crippen LogP contribution in [0.1, 0.15) is 194 Å². The normalized spacial score (nSPS) is 13.9. The molecule has 0 spiro atoms. The Morgan fingerprint density at radius 2 is 0.747 bits per heavy atom. The van der Waals surface area contributed by atoms with E-state index >= 15 is 0 Å². The lowest BCUT2D eigenvalue weighted by Gasteiger charge is -2.25. The van der Waals surface area contributed by atoms with Gasteiger partial charge in [0.15, 0.2) is 6.10 Å². The molecule has 0 saturated carbocycles. The van der Waals surface area contributed by atoms with Gasteiger partial charge in [-0.25, -0.2) is 4.79 Å². The van der Waals surface area contributed by atoms with Crippen molar-refractivity contribution in [2.24, 2.45) is 0 Å². The number of quaternary nitrogens is 1. The van der Waals surface area contributed by atoms with Gasteiger partial charge in [0.1, 0.15) is 13.2 Å². The molecule has 0 aliphatic heterocycles. The lowest BCUT2D eigenvalue weighted by molar-refractivity contribution is -0.870. The third-order valence-corrected chi connectivity index (χ3v) is 11.6. The summed E-state index contributed by atoms with van der Waals surface area (Å²) >= 11 is 0. The number of aliphatic carboxylic acids is 1. The van der Waals surface area contributed by atoms with Gasteiger partial charge in [-0.15, -0.1) is 0 Å². The lowest BCUT2D eigenvalue weighted by Crippen LogP contribution is -2.40. The van der Waals surface area contributed by atoms with E-state index in [9.17, 15) is 19.5 Å². The molecule has 0 heterocycles. The number of hydrogen-bond acceptors (Lipinski definition) is 7. The third-order valence-electron chi connectivity index (χ3n) is 11.6. The first kappa shape index (κ1) is 70.2. The van der Waals surface area contributed by atoms with Crippen LogP contribution in [0.4, 0.5) is 0 Å². The van der Waals surface area contributed by atoms with Gasteiger partial charge in [0, 0.05) is 12.8 Å². The van der Waals surface area contributed by atoms with E-state index in [1.54, 1.807) is 0 Å². The molecule has 75 heavy (non-hydrogen) atoms. The van der Waals surface area contributed by atoms with Gasteiger partial charge in [-0.3, -0.25) is 9.59 Å². The second-order valence-electron chi connectivity index (χ2n) is 19.8. The Labute approximate surface area is 458 Å². The Morgan fingerprint density at radius 3 is 1.12 bits per heavy atom. The highest BCUT2D eigenvalue weighted by Crippen LogP contribution is 2.14. The molecule has 0 amide bonds. The quantitative estimate of drug-likeness (QED) is 0.0211. The van der Waals surface area contributed by atoms with Crippen molar-refractivity contribution in [3.63, 3.8) is 0 Å². The molecule has 0 radical (unpaired) electrons. The molecule has 0 fully saturated rings. The molecule has 1 N–H and O–H groups in total. The molecule has 422 valence electrons. The highest BCUT2D eigenvalue weighted by Gasteiger charge is 2.25. The largest absolute Gasteiger partial charge is 0.477 e. The van der Waals surface area contributed by atoms with Crippen molar-refractivity contribution >= 4 is 17.9 Å². The Hall–Kier alpha value is -4.83. The van der Waals surface area contributed by atoms with Crippen molar-refractivity contribution in [3.8, 4) is 0 Å². The fourth-order valence-electron chi connectivity index (χ4n) is 7.22. The molecular weight excluding hydrogens is 935 g/mol. The zero-order valence-corrected chi connectivity index (χ0v) is 47.9. The predicted octanol–water partition coefficient (Wildman–Crippen LogP) is 17.2. The zero-order valence-electron chi connectivity index (χ0n) is 47.9. The summed E-state index contributed by atoms with van der Waals surface area (Å²) in [4.78, 5) is 37.3. The van der Waals surface area contributed by atoms with Crippen LogP contribution in [0.3, 0.4) is 0 Å². The number of unbranched alkanes of at least 4 members (excludes halogenated alkanes) is 12. The molecule has 0 aliphatic carbocycles. The van der Waals surface area contributed by atoms with Crippen molar-refractivity contribution < 1.29 is 42.9 Å². The lowest BCUT2D eigenvalue weighted by atomic mass is 10.0. The van der Waals surface area contributed by atoms with Crippen molar-refractivity contribution in [2.45, 2.75) is 206 Å². The van der Waals surface area contributed by atoms with Gasteiger partial charge in [0.2, 0.25) is 0 Å². The highest BCUT2D eigenvalue weighted by atomic mass is 16.7. The molecule has 0 aromatic rings. The van der Waals surface area contributed by atoms with Gasteiger partial charge in [-0.2, -0.15) is 0 Å². The molecule has 0 saturated heterocycles. The molecule has 0 bridgehead atoms. The van der Waals surface area contributed by atoms with Crippen LogP contribution in [-0.2, 0) is 33.3 Å². The Morgan fingerprint density at radius 1 is 0.400 bits per heavy atom. The maximum absolute atomic E-state index is 12.9. The highest BCUT2D eigenvalue weighted by molar-refractivity contribution is 5.71. The number of carbonyl (C=O) groups excluding carboxylic acids is 2. The molecule has 9 nitrogen and oxygen atoms in total. The number of carboxylic acids is 1. The minimum atomic E-state index is -1.53. The minimum Gasteiger partial charge on any atom is -0.477 e. The molecule has 0 aliphatic rings. The van der Waals surface area contributed by atoms with Crippen LogP contribution in [0.15, 0.2) is 146 Å². The number of ether oxygens (including phenoxy) is 4. The Kier molecular flexibility index (Phi) is 51.8. The summed E-state index contributed by atoms with van der Waals surface area (Å²) < 4.78 is 22.7. The van der Waals surface area contributed by atoms with Gasteiger partial charge < -0.3 is 28.5 Å². The Bertz CT molecular complexity index is 1730. The van der Waals surface area contributed by atoms with Gasteiger partial charge in [-0.1, -0.05) is 224 Å². The second kappa shape index (κ2) is 55.4. The van der Waals surface area contributed by atoms with Crippen molar-refractivity contribution in [2.75, 3.05) is 47.5 Å². The monoisotopic (exact) mass is 1040 g/mol. The van der Waals surface area contributed by atoms with E-state index < -0.39 is 30.3 Å². The summed E-state index contributed by atoms with van der Waals surface area (Å²) in [6.45, 7) is 4.53. The SMILES string of the molecule is CC/C=C\C/C=C\C/C=C\C/C=C\C/C=C\C/C=C\C/C=C\C/C=C\CCCCCCCCCCCCCCC(=O)OC(COC(=O)CC/C=C\C/C=C\C/C=C\C/C=C\CC)COC(OCC[N+](C)(C)C)C(=O)O. The number of carbonyl (C=O) groups is 3. The summed E-state index contributed by atoms with van der Waals surface area (Å²) in [7, 11) is 5.93. The smallest absolute Gasteiger partial charge is 0.361 e. The first-order valence-corrected chi connectivity index (χ1v) is 29.0. The second-order valence-corrected chi connectivity index (χ2v) is 19.8. The molecule has 0 aromatic heterocycles. The number of carboxylic acid groups (broad SMARTS) is 1. The van der Waals surface area contributed by atoms with Crippen LogP contribution in [0.2, 0.25) is 0 Å². The molecular formula is C66H106NO8+. The number of hydrogen-bond donors (Lipinski definition) is 1. The summed E-state index contributed by atoms with van der Waals surface area (Å²) in [5.41, 5.74) is 0. The first-order valence-electron chi connectivity index (χ1n) is 29.0. The number of esters is 2. The van der Waals surface area contributed by atoms with E-state index in [0.29, 0.717) is 23.9 Å². The number of allylic oxidation sites excluding steroid dienone is 24. The van der Waals surface area contributed by atoms with E-state index in [0.717, 1.165) is 103 Å². The summed E-state index contributed by atoms with van der Waals surface area (Å²) in [6.07, 6.45) is 78.2. The van der Waals surface area contributed by atoms with Gasteiger partial charge >= 0.3 is 17.9 Å². The average molecular weight is 1040 g/mol. The van der Waals surface area contributed by atoms with Gasteiger partial charge in [0.05, 0.1) is 34.4 Å². The van der Waals surface area contributed by atoms with Crippen molar-refractivity contribution in [1.82, 2.24) is 0 Å². The number of rotatable bonds is 51. The maximum atomic E-state index is 12.9. The van der Waals surface area contributed by atoms with Crippen LogP contribution < -0.4 is 0 Å². The van der Waals surface area contributed by atoms with Crippen LogP contribution in [0.5, 0.6) is 0 Å². The van der Waals surface area contributed by atoms with E-state index in [-0.39, 0.29) is 32.7 Å². The fourth-order valence-corrected chi connectivity index (χ4v) is 7.22. The van der Waals surface area contributed by atoms with Gasteiger partial charge in [0.25, 0.3) is 6.29 Å². The summed E-state index contributed by atoms with van der Waals surface area (Å²) in [5.74, 6) is -2.13. The predicted molar refractivity (Wildman–Crippen MR) is 317 cm³/mol. The van der Waals surface area contributed by atoms with Crippen LogP contribution in [0.25, 0.3) is 0 Å².